The Kier molecular flexibility index (Phi) is 3.56. The molecule has 0 N–H and O–H groups in total. The van der Waals surface area contributed by atoms with Crippen LogP contribution in [0, 0.1) is 5.92 Å². The Morgan fingerprint density at radius 3 is 3.07 bits per heavy atom. The molecule has 1 saturated heterocycles. The average Bonchev–Trinajstić information content (AvgIpc) is 2.68. The number of hydrogen-bond acceptors (Lipinski definition) is 3. The van der Waals surface area contributed by atoms with E-state index in [-0.39, 0.29) is 12.4 Å². The van der Waals surface area contributed by atoms with Gasteiger partial charge in [0.05, 0.1) is 13.2 Å². The zero-order valence-corrected chi connectivity index (χ0v) is 8.65. The molecule has 2 rings (SSSR count). The molecular weight excluding hydrogens is 180 g/mol. The van der Waals surface area contributed by atoms with Crippen molar-refractivity contribution in [3.8, 4) is 0 Å². The lowest BCUT2D eigenvalue weighted by atomic mass is 9.94. The van der Waals surface area contributed by atoms with Crippen LogP contribution in [0.5, 0.6) is 0 Å². The van der Waals surface area contributed by atoms with Gasteiger partial charge in [-0.2, -0.15) is 0 Å². The van der Waals surface area contributed by atoms with Crippen molar-refractivity contribution >= 4 is 0 Å². The van der Waals surface area contributed by atoms with E-state index in [1.807, 2.05) is 0 Å². The highest BCUT2D eigenvalue weighted by Gasteiger charge is 2.32. The standard InChI is InChI=1S/C11H18O3/c1-12-7-10-8-13-11(14-10)9-5-3-2-4-6-9/h2-3,9-11H,4-8H2,1H3/t9-,10-,11-/m1/s1. The predicted molar refractivity (Wildman–Crippen MR) is 53.0 cm³/mol. The molecule has 0 aromatic rings. The molecule has 3 nitrogen and oxygen atoms in total. The minimum Gasteiger partial charge on any atom is -0.382 e. The molecule has 0 unspecified atom stereocenters. The molecule has 0 bridgehead atoms. The van der Waals surface area contributed by atoms with Gasteiger partial charge in [0, 0.05) is 13.0 Å². The number of hydrogen-bond donors (Lipinski definition) is 0. The van der Waals surface area contributed by atoms with Crippen LogP contribution in [0.4, 0.5) is 0 Å². The fraction of sp³-hybridized carbons (Fsp3) is 0.818. The Balaban J connectivity index is 1.79. The van der Waals surface area contributed by atoms with Gasteiger partial charge in [-0.1, -0.05) is 12.2 Å². The maximum atomic E-state index is 5.76. The molecule has 14 heavy (non-hydrogen) atoms. The van der Waals surface area contributed by atoms with Crippen LogP contribution in [0.2, 0.25) is 0 Å². The van der Waals surface area contributed by atoms with Crippen molar-refractivity contribution < 1.29 is 14.2 Å². The molecule has 0 amide bonds. The van der Waals surface area contributed by atoms with E-state index in [0.29, 0.717) is 19.1 Å². The van der Waals surface area contributed by atoms with Crippen molar-refractivity contribution in [2.24, 2.45) is 5.92 Å². The largest absolute Gasteiger partial charge is 0.382 e. The van der Waals surface area contributed by atoms with E-state index in [1.165, 1.54) is 6.42 Å². The fourth-order valence-electron chi connectivity index (χ4n) is 2.06. The Morgan fingerprint density at radius 2 is 2.36 bits per heavy atom. The first-order valence-electron chi connectivity index (χ1n) is 5.31. The highest BCUT2D eigenvalue weighted by molar-refractivity contribution is 4.91. The van der Waals surface area contributed by atoms with E-state index >= 15 is 0 Å². The second-order valence-corrected chi connectivity index (χ2v) is 3.96. The first-order chi connectivity index (χ1) is 6.90. The van der Waals surface area contributed by atoms with E-state index in [1.54, 1.807) is 7.11 Å². The summed E-state index contributed by atoms with van der Waals surface area (Å²) in [5.41, 5.74) is 0. The van der Waals surface area contributed by atoms with Crippen molar-refractivity contribution in [1.82, 2.24) is 0 Å². The van der Waals surface area contributed by atoms with E-state index in [9.17, 15) is 0 Å². The maximum absolute atomic E-state index is 5.76. The normalized spacial score (nSPS) is 37.6. The molecule has 3 heteroatoms. The third kappa shape index (κ3) is 2.35. The van der Waals surface area contributed by atoms with Crippen LogP contribution in [-0.4, -0.2) is 32.7 Å². The summed E-state index contributed by atoms with van der Waals surface area (Å²) in [7, 11) is 1.69. The van der Waals surface area contributed by atoms with Gasteiger partial charge in [0.15, 0.2) is 6.29 Å². The van der Waals surface area contributed by atoms with E-state index in [0.717, 1.165) is 12.8 Å². The zero-order chi connectivity index (χ0) is 9.80. The summed E-state index contributed by atoms with van der Waals surface area (Å²) in [6.45, 7) is 1.32. The Bertz CT molecular complexity index is 203. The van der Waals surface area contributed by atoms with Crippen LogP contribution in [0.25, 0.3) is 0 Å². The summed E-state index contributed by atoms with van der Waals surface area (Å²) in [6.07, 6.45) is 8.02. The lowest BCUT2D eigenvalue weighted by Crippen LogP contribution is -2.24. The quantitative estimate of drug-likeness (QED) is 0.646. The van der Waals surface area contributed by atoms with Crippen LogP contribution >= 0.6 is 0 Å². The summed E-state index contributed by atoms with van der Waals surface area (Å²) in [5.74, 6) is 0.543. The van der Waals surface area contributed by atoms with Crippen molar-refractivity contribution in [1.29, 1.82) is 0 Å². The predicted octanol–water partition coefficient (Wildman–Crippen LogP) is 1.73. The van der Waals surface area contributed by atoms with Gasteiger partial charge in [-0.3, -0.25) is 0 Å². The summed E-state index contributed by atoms with van der Waals surface area (Å²) < 4.78 is 16.4. The summed E-state index contributed by atoms with van der Waals surface area (Å²) in [5, 5.41) is 0. The molecule has 0 aromatic heterocycles. The highest BCUT2D eigenvalue weighted by atomic mass is 16.7. The SMILES string of the molecule is COC[C@@H]1CO[C@@H]([C@@H]2CC=CCC2)O1. The van der Waals surface area contributed by atoms with Gasteiger partial charge in [-0.15, -0.1) is 0 Å². The van der Waals surface area contributed by atoms with Crippen LogP contribution in [-0.2, 0) is 14.2 Å². The average molecular weight is 198 g/mol. The number of ether oxygens (including phenoxy) is 3. The minimum atomic E-state index is 0.0000926. The molecule has 0 saturated carbocycles. The fourth-order valence-corrected chi connectivity index (χ4v) is 2.06. The molecule has 80 valence electrons. The Hall–Kier alpha value is -0.380. The van der Waals surface area contributed by atoms with Crippen LogP contribution in [0.3, 0.4) is 0 Å². The Morgan fingerprint density at radius 1 is 1.43 bits per heavy atom. The molecule has 0 aromatic carbocycles. The summed E-state index contributed by atoms with van der Waals surface area (Å²) in [6, 6.07) is 0. The smallest absolute Gasteiger partial charge is 0.161 e. The van der Waals surface area contributed by atoms with Crippen molar-refractivity contribution in [2.45, 2.75) is 31.7 Å². The monoisotopic (exact) mass is 198 g/mol. The Labute approximate surface area is 85.0 Å². The lowest BCUT2D eigenvalue weighted by molar-refractivity contribution is -0.105. The van der Waals surface area contributed by atoms with Crippen molar-refractivity contribution in [2.75, 3.05) is 20.3 Å². The van der Waals surface area contributed by atoms with E-state index in [2.05, 4.69) is 12.2 Å². The first kappa shape index (κ1) is 10.1. The van der Waals surface area contributed by atoms with Crippen molar-refractivity contribution in [3.63, 3.8) is 0 Å². The maximum Gasteiger partial charge on any atom is 0.161 e. The van der Waals surface area contributed by atoms with Crippen LogP contribution in [0.15, 0.2) is 12.2 Å². The lowest BCUT2D eigenvalue weighted by Gasteiger charge is -2.23. The molecule has 1 aliphatic carbocycles. The van der Waals surface area contributed by atoms with E-state index in [4.69, 9.17) is 14.2 Å². The molecule has 2 aliphatic rings. The van der Waals surface area contributed by atoms with Gasteiger partial charge in [0.2, 0.25) is 0 Å². The molecule has 1 fully saturated rings. The number of rotatable bonds is 3. The zero-order valence-electron chi connectivity index (χ0n) is 8.65. The van der Waals surface area contributed by atoms with Gasteiger partial charge in [0.25, 0.3) is 0 Å². The molecular formula is C11H18O3. The van der Waals surface area contributed by atoms with Gasteiger partial charge in [-0.05, 0) is 19.3 Å². The van der Waals surface area contributed by atoms with E-state index < -0.39 is 0 Å². The minimum absolute atomic E-state index is 0.0000926. The number of methoxy groups -OCH3 is 1. The van der Waals surface area contributed by atoms with Gasteiger partial charge in [0.1, 0.15) is 6.10 Å². The second-order valence-electron chi connectivity index (χ2n) is 3.96. The highest BCUT2D eigenvalue weighted by Crippen LogP contribution is 2.28. The summed E-state index contributed by atoms with van der Waals surface area (Å²) in [4.78, 5) is 0. The molecule has 1 aliphatic heterocycles. The summed E-state index contributed by atoms with van der Waals surface area (Å²) >= 11 is 0. The third-order valence-electron chi connectivity index (χ3n) is 2.82. The second kappa shape index (κ2) is 4.91. The first-order valence-corrected chi connectivity index (χ1v) is 5.31. The molecule has 3 atom stereocenters. The van der Waals surface area contributed by atoms with Crippen LogP contribution < -0.4 is 0 Å². The topological polar surface area (TPSA) is 27.7 Å². The molecule has 0 radical (unpaired) electrons. The van der Waals surface area contributed by atoms with Gasteiger partial charge < -0.3 is 14.2 Å². The van der Waals surface area contributed by atoms with Crippen molar-refractivity contribution in [3.05, 3.63) is 12.2 Å². The van der Waals surface area contributed by atoms with Gasteiger partial charge in [-0.25, -0.2) is 0 Å². The molecule has 0 spiro atoms. The number of allylic oxidation sites excluding steroid dienone is 2. The van der Waals surface area contributed by atoms with Crippen LogP contribution in [0.1, 0.15) is 19.3 Å². The molecule has 1 heterocycles. The van der Waals surface area contributed by atoms with Gasteiger partial charge >= 0.3 is 0 Å². The third-order valence-corrected chi connectivity index (χ3v) is 2.82.